The van der Waals surface area contributed by atoms with Crippen LogP contribution in [0.1, 0.15) is 16.7 Å². The van der Waals surface area contributed by atoms with E-state index in [1.165, 1.54) is 26.2 Å². The standard InChI is InChI=1S/C19H25N3O5S2/c1-13-6-7-15(3)18(10-13)29(26,27)22(5)12-19(23)21-17-11-16(9-8-14(17)2)28(24,25)20-4/h6-11,20H,12H2,1-5H3,(H,21,23). The fraction of sp³-hybridized carbons (Fsp3) is 0.316. The fourth-order valence-electron chi connectivity index (χ4n) is 2.65. The number of amides is 1. The van der Waals surface area contributed by atoms with Gasteiger partial charge in [-0.1, -0.05) is 18.2 Å². The summed E-state index contributed by atoms with van der Waals surface area (Å²) < 4.78 is 52.8. The number of carbonyl (C=O) groups excluding carboxylic acids is 1. The highest BCUT2D eigenvalue weighted by Gasteiger charge is 2.25. The van der Waals surface area contributed by atoms with Gasteiger partial charge in [0.25, 0.3) is 0 Å². The molecule has 0 radical (unpaired) electrons. The summed E-state index contributed by atoms with van der Waals surface area (Å²) in [5.41, 5.74) is 2.33. The zero-order valence-corrected chi connectivity index (χ0v) is 18.6. The average molecular weight is 440 g/mol. The Morgan fingerprint density at radius 2 is 1.59 bits per heavy atom. The SMILES string of the molecule is CNS(=O)(=O)c1ccc(C)c(NC(=O)CN(C)S(=O)(=O)c2cc(C)ccc2C)c1. The molecule has 0 aliphatic carbocycles. The Labute approximate surface area is 172 Å². The monoisotopic (exact) mass is 439 g/mol. The fourth-order valence-corrected chi connectivity index (χ4v) is 4.84. The summed E-state index contributed by atoms with van der Waals surface area (Å²) >= 11 is 0. The van der Waals surface area contributed by atoms with Crippen LogP contribution in [0.2, 0.25) is 0 Å². The van der Waals surface area contributed by atoms with Gasteiger partial charge in [0.05, 0.1) is 16.3 Å². The van der Waals surface area contributed by atoms with Gasteiger partial charge in [0.2, 0.25) is 26.0 Å². The number of nitrogens with one attached hydrogen (secondary N) is 2. The van der Waals surface area contributed by atoms with Crippen molar-refractivity contribution in [1.82, 2.24) is 9.03 Å². The van der Waals surface area contributed by atoms with Crippen LogP contribution in [-0.4, -0.2) is 47.7 Å². The highest BCUT2D eigenvalue weighted by Crippen LogP contribution is 2.22. The van der Waals surface area contributed by atoms with Gasteiger partial charge >= 0.3 is 0 Å². The summed E-state index contributed by atoms with van der Waals surface area (Å²) in [6.07, 6.45) is 0. The summed E-state index contributed by atoms with van der Waals surface area (Å²) in [7, 11) is -4.91. The lowest BCUT2D eigenvalue weighted by Gasteiger charge is -2.19. The summed E-state index contributed by atoms with van der Waals surface area (Å²) in [6.45, 7) is 4.78. The van der Waals surface area contributed by atoms with E-state index >= 15 is 0 Å². The van der Waals surface area contributed by atoms with E-state index in [0.717, 1.165) is 9.87 Å². The first-order valence-corrected chi connectivity index (χ1v) is 11.7. The summed E-state index contributed by atoms with van der Waals surface area (Å²) in [5, 5.41) is 2.59. The Bertz CT molecular complexity index is 1140. The largest absolute Gasteiger partial charge is 0.325 e. The van der Waals surface area contributed by atoms with Crippen molar-refractivity contribution in [3.63, 3.8) is 0 Å². The van der Waals surface area contributed by atoms with Crippen molar-refractivity contribution in [2.75, 3.05) is 26.0 Å². The van der Waals surface area contributed by atoms with Crippen LogP contribution >= 0.6 is 0 Å². The number of sulfonamides is 2. The van der Waals surface area contributed by atoms with Crippen molar-refractivity contribution >= 4 is 31.6 Å². The van der Waals surface area contributed by atoms with E-state index < -0.39 is 32.5 Å². The maximum atomic E-state index is 12.8. The molecule has 2 rings (SSSR count). The molecule has 8 nitrogen and oxygen atoms in total. The minimum atomic E-state index is -3.86. The second-order valence-electron chi connectivity index (χ2n) is 6.76. The van der Waals surface area contributed by atoms with Crippen LogP contribution < -0.4 is 10.0 Å². The quantitative estimate of drug-likeness (QED) is 0.683. The Hall–Kier alpha value is -2.27. The van der Waals surface area contributed by atoms with E-state index in [0.29, 0.717) is 16.8 Å². The van der Waals surface area contributed by atoms with Crippen molar-refractivity contribution in [2.45, 2.75) is 30.6 Å². The molecular formula is C19H25N3O5S2. The van der Waals surface area contributed by atoms with Crippen LogP contribution in [0.25, 0.3) is 0 Å². The smallest absolute Gasteiger partial charge is 0.243 e. The molecule has 0 aliphatic heterocycles. The second kappa shape index (κ2) is 8.62. The maximum Gasteiger partial charge on any atom is 0.243 e. The Balaban J connectivity index is 2.23. The Morgan fingerprint density at radius 3 is 2.21 bits per heavy atom. The minimum Gasteiger partial charge on any atom is -0.325 e. The number of benzene rings is 2. The first-order valence-electron chi connectivity index (χ1n) is 8.76. The number of likely N-dealkylation sites (N-methyl/N-ethyl adjacent to an activating group) is 1. The molecule has 2 N–H and O–H groups in total. The molecule has 0 fully saturated rings. The van der Waals surface area contributed by atoms with Crippen molar-refractivity contribution in [2.24, 2.45) is 0 Å². The molecule has 29 heavy (non-hydrogen) atoms. The van der Waals surface area contributed by atoms with Gasteiger partial charge in [-0.3, -0.25) is 4.79 Å². The van der Waals surface area contributed by atoms with Gasteiger partial charge in [-0.2, -0.15) is 4.31 Å². The van der Waals surface area contributed by atoms with Crippen molar-refractivity contribution in [3.05, 3.63) is 53.1 Å². The first-order chi connectivity index (χ1) is 13.4. The third-order valence-corrected chi connectivity index (χ3v) is 7.82. The normalized spacial score (nSPS) is 12.2. The van der Waals surface area contributed by atoms with Gasteiger partial charge in [-0.05, 0) is 62.7 Å². The van der Waals surface area contributed by atoms with E-state index in [-0.39, 0.29) is 9.79 Å². The molecule has 0 heterocycles. The summed E-state index contributed by atoms with van der Waals surface area (Å²) in [4.78, 5) is 12.6. The lowest BCUT2D eigenvalue weighted by atomic mass is 10.2. The molecule has 1 amide bonds. The molecule has 158 valence electrons. The molecule has 0 aliphatic rings. The van der Waals surface area contributed by atoms with Crippen LogP contribution in [0, 0.1) is 20.8 Å². The zero-order chi connectivity index (χ0) is 22.0. The van der Waals surface area contributed by atoms with Gasteiger partial charge in [-0.25, -0.2) is 21.6 Å². The third kappa shape index (κ3) is 5.21. The van der Waals surface area contributed by atoms with Crippen molar-refractivity contribution in [3.8, 4) is 0 Å². The van der Waals surface area contributed by atoms with E-state index in [9.17, 15) is 21.6 Å². The topological polar surface area (TPSA) is 113 Å². The van der Waals surface area contributed by atoms with Crippen LogP contribution in [0.15, 0.2) is 46.2 Å². The van der Waals surface area contributed by atoms with E-state index in [2.05, 4.69) is 10.0 Å². The van der Waals surface area contributed by atoms with Crippen LogP contribution in [0.4, 0.5) is 5.69 Å². The number of anilines is 1. The van der Waals surface area contributed by atoms with Gasteiger partial charge in [0.1, 0.15) is 0 Å². The molecule has 2 aromatic rings. The lowest BCUT2D eigenvalue weighted by molar-refractivity contribution is -0.116. The molecule has 10 heteroatoms. The number of nitrogens with zero attached hydrogens (tertiary/aromatic N) is 1. The van der Waals surface area contributed by atoms with Gasteiger partial charge in [0, 0.05) is 12.7 Å². The molecule has 0 unspecified atom stereocenters. The minimum absolute atomic E-state index is 0.00254. The molecule has 0 atom stereocenters. The van der Waals surface area contributed by atoms with E-state index in [1.807, 2.05) is 6.07 Å². The molecule has 0 saturated heterocycles. The molecule has 0 saturated carbocycles. The highest BCUT2D eigenvalue weighted by molar-refractivity contribution is 7.89. The third-order valence-electron chi connectivity index (χ3n) is 4.46. The molecular weight excluding hydrogens is 414 g/mol. The second-order valence-corrected chi connectivity index (χ2v) is 10.7. The van der Waals surface area contributed by atoms with Crippen LogP contribution in [0.3, 0.4) is 0 Å². The van der Waals surface area contributed by atoms with Crippen molar-refractivity contribution < 1.29 is 21.6 Å². The van der Waals surface area contributed by atoms with Gasteiger partial charge in [0.15, 0.2) is 0 Å². The molecule has 0 aromatic heterocycles. The molecule has 0 spiro atoms. The van der Waals surface area contributed by atoms with Gasteiger partial charge in [-0.15, -0.1) is 0 Å². The number of hydrogen-bond acceptors (Lipinski definition) is 5. The maximum absolute atomic E-state index is 12.8. The lowest BCUT2D eigenvalue weighted by Crippen LogP contribution is -2.35. The van der Waals surface area contributed by atoms with Gasteiger partial charge < -0.3 is 5.32 Å². The number of rotatable bonds is 7. The number of aryl methyl sites for hydroxylation is 3. The average Bonchev–Trinajstić information content (AvgIpc) is 2.65. The van der Waals surface area contributed by atoms with Crippen molar-refractivity contribution in [1.29, 1.82) is 0 Å². The summed E-state index contributed by atoms with van der Waals surface area (Å²) in [5.74, 6) is -0.580. The first kappa shape index (κ1) is 23.0. The highest BCUT2D eigenvalue weighted by atomic mass is 32.2. The molecule has 2 aromatic carbocycles. The zero-order valence-electron chi connectivity index (χ0n) is 17.0. The van der Waals surface area contributed by atoms with E-state index in [4.69, 9.17) is 0 Å². The number of hydrogen-bond donors (Lipinski definition) is 2. The summed E-state index contributed by atoms with van der Waals surface area (Å²) in [6, 6.07) is 9.42. The Morgan fingerprint density at radius 1 is 0.966 bits per heavy atom. The molecule has 0 bridgehead atoms. The van der Waals surface area contributed by atoms with Crippen LogP contribution in [0.5, 0.6) is 0 Å². The predicted molar refractivity (Wildman–Crippen MR) is 112 cm³/mol. The number of carbonyl (C=O) groups is 1. The Kier molecular flexibility index (Phi) is 6.84. The van der Waals surface area contributed by atoms with Crippen LogP contribution in [-0.2, 0) is 24.8 Å². The van der Waals surface area contributed by atoms with E-state index in [1.54, 1.807) is 39.0 Å². The predicted octanol–water partition coefficient (Wildman–Crippen LogP) is 1.78.